The summed E-state index contributed by atoms with van der Waals surface area (Å²) in [5.74, 6) is 0.855. The molecular weight excluding hydrogens is 256 g/mol. The zero-order valence-corrected chi connectivity index (χ0v) is 11.4. The van der Waals surface area contributed by atoms with Gasteiger partial charge in [-0.25, -0.2) is 0 Å². The zero-order chi connectivity index (χ0) is 14.1. The van der Waals surface area contributed by atoms with Crippen LogP contribution in [-0.2, 0) is 0 Å². The van der Waals surface area contributed by atoms with Crippen molar-refractivity contribution in [2.24, 2.45) is 0 Å². The van der Waals surface area contributed by atoms with Gasteiger partial charge in [-0.3, -0.25) is 0 Å². The summed E-state index contributed by atoms with van der Waals surface area (Å²) in [4.78, 5) is 0. The SMILES string of the molecule is [c]1c(-c2ccco2)cc2c(-c3ccccc3)ccccc1-2. The molecule has 21 heavy (non-hydrogen) atoms. The van der Waals surface area contributed by atoms with Crippen LogP contribution in [0.4, 0.5) is 0 Å². The predicted molar refractivity (Wildman–Crippen MR) is 85.0 cm³/mol. The van der Waals surface area contributed by atoms with Crippen molar-refractivity contribution in [1.29, 1.82) is 0 Å². The lowest BCUT2D eigenvalue weighted by atomic mass is 10.0. The van der Waals surface area contributed by atoms with E-state index in [1.54, 1.807) is 6.26 Å². The molecule has 1 heteroatoms. The van der Waals surface area contributed by atoms with Gasteiger partial charge in [0, 0.05) is 11.6 Å². The monoisotopic (exact) mass is 269 g/mol. The van der Waals surface area contributed by atoms with Gasteiger partial charge in [-0.1, -0.05) is 54.6 Å². The van der Waals surface area contributed by atoms with Gasteiger partial charge in [0.15, 0.2) is 0 Å². The highest BCUT2D eigenvalue weighted by molar-refractivity contribution is 5.88. The number of hydrogen-bond acceptors (Lipinski definition) is 1. The standard InChI is InChI=1S/C20H13O/c1-2-7-15(8-3-1)18-10-5-4-9-16-13-17(14-19(16)18)20-11-6-12-21-20/h1-12,14H. The Bertz CT molecular complexity index is 829. The van der Waals surface area contributed by atoms with Crippen LogP contribution in [0.2, 0.25) is 0 Å². The van der Waals surface area contributed by atoms with E-state index in [1.165, 1.54) is 16.7 Å². The number of rotatable bonds is 2. The molecule has 0 spiro atoms. The second-order valence-electron chi connectivity index (χ2n) is 4.99. The van der Waals surface area contributed by atoms with Crippen molar-refractivity contribution >= 4 is 0 Å². The van der Waals surface area contributed by atoms with Crippen molar-refractivity contribution in [3.63, 3.8) is 0 Å². The molecule has 2 aliphatic carbocycles. The van der Waals surface area contributed by atoms with Crippen LogP contribution in [0, 0.1) is 6.07 Å². The molecule has 0 atom stereocenters. The van der Waals surface area contributed by atoms with E-state index in [1.807, 2.05) is 18.2 Å². The third kappa shape index (κ3) is 2.13. The lowest BCUT2D eigenvalue weighted by molar-refractivity contribution is 0.582. The molecule has 1 aromatic carbocycles. The maximum Gasteiger partial charge on any atom is 0.134 e. The molecule has 1 nitrogen and oxygen atoms in total. The van der Waals surface area contributed by atoms with Crippen LogP contribution in [-0.4, -0.2) is 0 Å². The predicted octanol–water partition coefficient (Wildman–Crippen LogP) is 5.52. The summed E-state index contributed by atoms with van der Waals surface area (Å²) in [6.45, 7) is 0. The smallest absolute Gasteiger partial charge is 0.134 e. The van der Waals surface area contributed by atoms with E-state index in [-0.39, 0.29) is 0 Å². The first-order valence-corrected chi connectivity index (χ1v) is 6.96. The molecule has 2 aliphatic rings. The number of furan rings is 1. The summed E-state index contributed by atoms with van der Waals surface area (Å²) in [5, 5.41) is 0. The lowest BCUT2D eigenvalue weighted by Gasteiger charge is -2.03. The molecule has 2 aromatic rings. The van der Waals surface area contributed by atoms with Gasteiger partial charge in [-0.05, 0) is 40.5 Å². The highest BCUT2D eigenvalue weighted by atomic mass is 16.3. The molecule has 0 fully saturated rings. The van der Waals surface area contributed by atoms with Crippen molar-refractivity contribution in [2.75, 3.05) is 0 Å². The van der Waals surface area contributed by atoms with Crippen LogP contribution >= 0.6 is 0 Å². The summed E-state index contributed by atoms with van der Waals surface area (Å²) in [5.41, 5.74) is 5.72. The van der Waals surface area contributed by atoms with Crippen molar-refractivity contribution < 1.29 is 4.42 Å². The van der Waals surface area contributed by atoms with Crippen LogP contribution < -0.4 is 0 Å². The Morgan fingerprint density at radius 2 is 1.48 bits per heavy atom. The summed E-state index contributed by atoms with van der Waals surface area (Å²) in [6, 6.07) is 28.2. The van der Waals surface area contributed by atoms with E-state index in [9.17, 15) is 0 Å². The molecule has 0 saturated heterocycles. The van der Waals surface area contributed by atoms with E-state index in [0.717, 1.165) is 16.9 Å². The molecular formula is C20H13O. The van der Waals surface area contributed by atoms with Gasteiger partial charge in [0.05, 0.1) is 6.26 Å². The second-order valence-corrected chi connectivity index (χ2v) is 4.99. The fraction of sp³-hybridized carbons (Fsp3) is 0. The van der Waals surface area contributed by atoms with E-state index < -0.39 is 0 Å². The Morgan fingerprint density at radius 3 is 2.29 bits per heavy atom. The highest BCUT2D eigenvalue weighted by Crippen LogP contribution is 2.37. The molecule has 0 saturated carbocycles. The van der Waals surface area contributed by atoms with Crippen molar-refractivity contribution in [2.45, 2.75) is 0 Å². The Balaban J connectivity index is 1.96. The molecule has 1 radical (unpaired) electrons. The third-order valence-electron chi connectivity index (χ3n) is 3.65. The molecule has 1 heterocycles. The molecule has 99 valence electrons. The van der Waals surface area contributed by atoms with Crippen molar-refractivity contribution in [1.82, 2.24) is 0 Å². The minimum atomic E-state index is 0.855. The molecule has 1 aromatic heterocycles. The Labute approximate surface area is 123 Å². The molecule has 0 N–H and O–H groups in total. The fourth-order valence-electron chi connectivity index (χ4n) is 2.65. The van der Waals surface area contributed by atoms with Gasteiger partial charge in [-0.15, -0.1) is 0 Å². The highest BCUT2D eigenvalue weighted by Gasteiger charge is 2.13. The van der Waals surface area contributed by atoms with Gasteiger partial charge in [0.2, 0.25) is 0 Å². The average molecular weight is 269 g/mol. The minimum Gasteiger partial charge on any atom is -0.464 e. The zero-order valence-electron chi connectivity index (χ0n) is 11.4. The number of hydrogen-bond donors (Lipinski definition) is 0. The largest absolute Gasteiger partial charge is 0.464 e. The number of fused-ring (bicyclic) bond motifs is 1. The third-order valence-corrected chi connectivity index (χ3v) is 3.65. The van der Waals surface area contributed by atoms with E-state index in [0.29, 0.717) is 0 Å². The topological polar surface area (TPSA) is 13.1 Å². The van der Waals surface area contributed by atoms with Crippen LogP contribution in [0.3, 0.4) is 0 Å². The van der Waals surface area contributed by atoms with E-state index in [2.05, 4.69) is 60.7 Å². The Hall–Kier alpha value is -2.80. The number of benzene rings is 1. The summed E-state index contributed by atoms with van der Waals surface area (Å²) < 4.78 is 5.49. The molecule has 0 amide bonds. The maximum absolute atomic E-state index is 5.49. The van der Waals surface area contributed by atoms with Crippen LogP contribution in [0.5, 0.6) is 0 Å². The average Bonchev–Trinajstić information content (AvgIpc) is 3.15. The van der Waals surface area contributed by atoms with E-state index >= 15 is 0 Å². The van der Waals surface area contributed by atoms with Gasteiger partial charge in [0.1, 0.15) is 5.76 Å². The van der Waals surface area contributed by atoms with Gasteiger partial charge in [0.25, 0.3) is 0 Å². The molecule has 0 bridgehead atoms. The first kappa shape index (κ1) is 12.0. The van der Waals surface area contributed by atoms with Crippen LogP contribution in [0.25, 0.3) is 33.6 Å². The summed E-state index contributed by atoms with van der Waals surface area (Å²) in [7, 11) is 0. The van der Waals surface area contributed by atoms with Crippen LogP contribution in [0.15, 0.2) is 83.5 Å². The van der Waals surface area contributed by atoms with Crippen molar-refractivity contribution in [3.8, 4) is 33.6 Å². The minimum absolute atomic E-state index is 0.855. The van der Waals surface area contributed by atoms with Gasteiger partial charge < -0.3 is 4.42 Å². The van der Waals surface area contributed by atoms with Gasteiger partial charge >= 0.3 is 0 Å². The molecule has 0 unspecified atom stereocenters. The Morgan fingerprint density at radius 1 is 0.667 bits per heavy atom. The molecule has 0 aliphatic heterocycles. The second kappa shape index (κ2) is 4.95. The first-order chi connectivity index (χ1) is 10.4. The molecule has 4 rings (SSSR count). The van der Waals surface area contributed by atoms with Crippen molar-refractivity contribution in [3.05, 3.63) is 85.1 Å². The first-order valence-electron chi connectivity index (χ1n) is 6.96. The van der Waals surface area contributed by atoms with Crippen LogP contribution in [0.1, 0.15) is 0 Å². The van der Waals surface area contributed by atoms with E-state index in [4.69, 9.17) is 4.42 Å². The maximum atomic E-state index is 5.49. The normalized spacial score (nSPS) is 10.9. The summed E-state index contributed by atoms with van der Waals surface area (Å²) >= 11 is 0. The lowest BCUT2D eigenvalue weighted by Crippen LogP contribution is -1.77. The van der Waals surface area contributed by atoms with Gasteiger partial charge in [-0.2, -0.15) is 0 Å². The Kier molecular flexibility index (Phi) is 2.82. The quantitative estimate of drug-likeness (QED) is 0.467. The summed E-state index contributed by atoms with van der Waals surface area (Å²) in [6.07, 6.45) is 1.69. The fourth-order valence-corrected chi connectivity index (χ4v) is 2.65.